The van der Waals surface area contributed by atoms with Gasteiger partial charge in [0.2, 0.25) is 0 Å². The minimum atomic E-state index is -0.340. The normalized spacial score (nSPS) is 22.2. The van der Waals surface area contributed by atoms with Gasteiger partial charge in [0.05, 0.1) is 0 Å². The lowest BCUT2D eigenvalue weighted by atomic mass is 9.75. The number of hydrogen-bond donors (Lipinski definition) is 4. The average molecular weight is 348 g/mol. The molecule has 1 fully saturated rings. The van der Waals surface area contributed by atoms with E-state index in [0.717, 1.165) is 31.2 Å². The number of carbonyl (C=O) groups is 1. The lowest BCUT2D eigenvalue weighted by Gasteiger charge is -2.34. The van der Waals surface area contributed by atoms with Gasteiger partial charge in [-0.25, -0.2) is 4.79 Å². The van der Waals surface area contributed by atoms with E-state index in [2.05, 4.69) is 10.6 Å². The Kier molecular flexibility index (Phi) is 7.26. The fourth-order valence-electron chi connectivity index (χ4n) is 3.67. The Labute approximate surface area is 150 Å². The van der Waals surface area contributed by atoms with Crippen molar-refractivity contribution in [3.8, 4) is 0 Å². The number of aliphatic hydroxyl groups is 2. The third-order valence-electron chi connectivity index (χ3n) is 5.48. The van der Waals surface area contributed by atoms with Crippen LogP contribution in [0.1, 0.15) is 51.0 Å². The van der Waals surface area contributed by atoms with Crippen molar-refractivity contribution in [3.05, 3.63) is 35.9 Å². The molecule has 0 aromatic heterocycles. The molecule has 3 unspecified atom stereocenters. The van der Waals surface area contributed by atoms with E-state index >= 15 is 0 Å². The topological polar surface area (TPSA) is 81.6 Å². The van der Waals surface area contributed by atoms with Crippen molar-refractivity contribution in [1.82, 2.24) is 10.6 Å². The molecule has 4 N–H and O–H groups in total. The van der Waals surface area contributed by atoms with E-state index in [4.69, 9.17) is 0 Å². The minimum Gasteiger partial charge on any atom is -0.396 e. The maximum Gasteiger partial charge on any atom is 0.315 e. The molecule has 1 aliphatic carbocycles. The molecule has 3 atom stereocenters. The van der Waals surface area contributed by atoms with E-state index < -0.39 is 0 Å². The number of aliphatic hydroxyl groups excluding tert-OH is 2. The third kappa shape index (κ3) is 5.44. The van der Waals surface area contributed by atoms with Gasteiger partial charge in [-0.05, 0) is 23.8 Å². The average Bonchev–Trinajstić information content (AvgIpc) is 2.63. The van der Waals surface area contributed by atoms with Crippen LogP contribution in [0.25, 0.3) is 0 Å². The van der Waals surface area contributed by atoms with Crippen LogP contribution in [0.15, 0.2) is 30.3 Å². The molecule has 1 saturated carbocycles. The molecule has 1 aromatic carbocycles. The Morgan fingerprint density at radius 3 is 2.52 bits per heavy atom. The smallest absolute Gasteiger partial charge is 0.315 e. The van der Waals surface area contributed by atoms with E-state index in [-0.39, 0.29) is 42.5 Å². The first kappa shape index (κ1) is 19.7. The monoisotopic (exact) mass is 348 g/mol. The summed E-state index contributed by atoms with van der Waals surface area (Å²) < 4.78 is 0. The SMILES string of the molecule is CC(C)(CO)C(CNC(=O)NC1CCCCC1CO)c1ccccc1. The molecule has 0 radical (unpaired) electrons. The fraction of sp³-hybridized carbons (Fsp3) is 0.650. The van der Waals surface area contributed by atoms with Crippen molar-refractivity contribution in [2.75, 3.05) is 19.8 Å². The molecule has 0 heterocycles. The molecule has 2 rings (SSSR count). The van der Waals surface area contributed by atoms with E-state index in [1.165, 1.54) is 0 Å². The Morgan fingerprint density at radius 1 is 1.20 bits per heavy atom. The predicted octanol–water partition coefficient (Wildman–Crippen LogP) is 2.64. The second-order valence-electron chi connectivity index (χ2n) is 7.80. The number of amides is 2. The molecule has 25 heavy (non-hydrogen) atoms. The Morgan fingerprint density at radius 2 is 1.88 bits per heavy atom. The van der Waals surface area contributed by atoms with Gasteiger partial charge in [0, 0.05) is 37.6 Å². The molecule has 2 amide bonds. The van der Waals surface area contributed by atoms with Crippen LogP contribution in [-0.2, 0) is 0 Å². The summed E-state index contributed by atoms with van der Waals surface area (Å²) >= 11 is 0. The van der Waals surface area contributed by atoms with Gasteiger partial charge < -0.3 is 20.8 Å². The van der Waals surface area contributed by atoms with Crippen molar-refractivity contribution >= 4 is 6.03 Å². The summed E-state index contributed by atoms with van der Waals surface area (Å²) in [6.45, 7) is 4.64. The first-order valence-corrected chi connectivity index (χ1v) is 9.29. The summed E-state index contributed by atoms with van der Waals surface area (Å²) in [7, 11) is 0. The van der Waals surface area contributed by atoms with Crippen molar-refractivity contribution in [1.29, 1.82) is 0 Å². The van der Waals surface area contributed by atoms with Crippen LogP contribution < -0.4 is 10.6 Å². The molecule has 0 bridgehead atoms. The summed E-state index contributed by atoms with van der Waals surface area (Å²) in [5.74, 6) is 0.169. The molecule has 0 aliphatic heterocycles. The molecular weight excluding hydrogens is 316 g/mol. The number of benzene rings is 1. The zero-order valence-electron chi connectivity index (χ0n) is 15.4. The van der Waals surface area contributed by atoms with Gasteiger partial charge in [-0.15, -0.1) is 0 Å². The van der Waals surface area contributed by atoms with Gasteiger partial charge >= 0.3 is 6.03 Å². The zero-order valence-corrected chi connectivity index (χ0v) is 15.4. The first-order valence-electron chi connectivity index (χ1n) is 9.29. The second-order valence-corrected chi connectivity index (χ2v) is 7.80. The van der Waals surface area contributed by atoms with Crippen LogP contribution in [0.5, 0.6) is 0 Å². The minimum absolute atomic E-state index is 0.0180. The fourth-order valence-corrected chi connectivity index (χ4v) is 3.67. The van der Waals surface area contributed by atoms with Crippen LogP contribution in [0, 0.1) is 11.3 Å². The number of urea groups is 1. The number of rotatable bonds is 7. The van der Waals surface area contributed by atoms with Crippen LogP contribution in [0.2, 0.25) is 0 Å². The molecule has 5 nitrogen and oxygen atoms in total. The van der Waals surface area contributed by atoms with Crippen LogP contribution >= 0.6 is 0 Å². The third-order valence-corrected chi connectivity index (χ3v) is 5.48. The van der Waals surface area contributed by atoms with Gasteiger partial charge in [-0.3, -0.25) is 0 Å². The van der Waals surface area contributed by atoms with E-state index in [9.17, 15) is 15.0 Å². The maximum atomic E-state index is 12.4. The number of carbonyl (C=O) groups excluding carboxylic acids is 1. The summed E-state index contributed by atoms with van der Waals surface area (Å²) in [4.78, 5) is 12.4. The lowest BCUT2D eigenvalue weighted by Crippen LogP contribution is -2.49. The molecule has 140 valence electrons. The molecule has 0 saturated heterocycles. The van der Waals surface area contributed by atoms with Gasteiger partial charge in [0.1, 0.15) is 0 Å². The largest absolute Gasteiger partial charge is 0.396 e. The van der Waals surface area contributed by atoms with Gasteiger partial charge in [-0.1, -0.05) is 57.0 Å². The standard InChI is InChI=1S/C20H32N2O3/c1-20(2,14-24)17(15-8-4-3-5-9-15)12-21-19(25)22-18-11-7-6-10-16(18)13-23/h3-5,8-9,16-18,23-24H,6-7,10-14H2,1-2H3,(H2,21,22,25). The Hall–Kier alpha value is -1.59. The summed E-state index contributed by atoms with van der Waals surface area (Å²) in [6.07, 6.45) is 4.09. The number of nitrogens with one attached hydrogen (secondary N) is 2. The Balaban J connectivity index is 1.96. The van der Waals surface area contributed by atoms with Crippen molar-refractivity contribution in [2.24, 2.45) is 11.3 Å². The van der Waals surface area contributed by atoms with Gasteiger partial charge in [0.25, 0.3) is 0 Å². The molecular formula is C20H32N2O3. The quantitative estimate of drug-likeness (QED) is 0.611. The summed E-state index contributed by atoms with van der Waals surface area (Å²) in [5, 5.41) is 25.2. The summed E-state index contributed by atoms with van der Waals surface area (Å²) in [5.41, 5.74) is 0.764. The number of hydrogen-bond acceptors (Lipinski definition) is 3. The van der Waals surface area contributed by atoms with Gasteiger partial charge in [-0.2, -0.15) is 0 Å². The van der Waals surface area contributed by atoms with E-state index in [1.807, 2.05) is 44.2 Å². The van der Waals surface area contributed by atoms with E-state index in [1.54, 1.807) is 0 Å². The first-order chi connectivity index (χ1) is 12.0. The maximum absolute atomic E-state index is 12.4. The van der Waals surface area contributed by atoms with Gasteiger partial charge in [0.15, 0.2) is 0 Å². The van der Waals surface area contributed by atoms with Crippen molar-refractivity contribution in [2.45, 2.75) is 51.5 Å². The zero-order chi connectivity index (χ0) is 18.3. The highest BCUT2D eigenvalue weighted by molar-refractivity contribution is 5.74. The molecule has 0 spiro atoms. The van der Waals surface area contributed by atoms with Crippen LogP contribution in [0.4, 0.5) is 4.79 Å². The molecule has 1 aliphatic rings. The highest BCUT2D eigenvalue weighted by Crippen LogP contribution is 2.34. The van der Waals surface area contributed by atoms with E-state index in [0.29, 0.717) is 6.54 Å². The van der Waals surface area contributed by atoms with Crippen molar-refractivity contribution < 1.29 is 15.0 Å². The van der Waals surface area contributed by atoms with Crippen LogP contribution in [-0.4, -0.2) is 42.0 Å². The Bertz CT molecular complexity index is 533. The molecule has 5 heteroatoms. The summed E-state index contributed by atoms with van der Waals surface area (Å²) in [6, 6.07) is 9.83. The predicted molar refractivity (Wildman–Crippen MR) is 99.4 cm³/mol. The lowest BCUT2D eigenvalue weighted by molar-refractivity contribution is 0.128. The van der Waals surface area contributed by atoms with Crippen molar-refractivity contribution in [3.63, 3.8) is 0 Å². The highest BCUT2D eigenvalue weighted by Gasteiger charge is 2.31. The van der Waals surface area contributed by atoms with Crippen LogP contribution in [0.3, 0.4) is 0 Å². The highest BCUT2D eigenvalue weighted by atomic mass is 16.3. The molecule has 1 aromatic rings. The second kappa shape index (κ2) is 9.20.